The average Bonchev–Trinajstić information content (AvgIpc) is 2.79. The van der Waals surface area contributed by atoms with E-state index in [1.807, 2.05) is 36.4 Å². The summed E-state index contributed by atoms with van der Waals surface area (Å²) in [7, 11) is 1.74. The molecule has 1 N–H and O–H groups in total. The summed E-state index contributed by atoms with van der Waals surface area (Å²) in [6.07, 6.45) is 0.959. The molecule has 0 radical (unpaired) electrons. The van der Waals surface area contributed by atoms with Crippen molar-refractivity contribution in [1.82, 2.24) is 0 Å². The third kappa shape index (κ3) is 6.19. The molecule has 0 atom stereocenters. The molecule has 0 aliphatic carbocycles. The van der Waals surface area contributed by atoms with Gasteiger partial charge in [-0.3, -0.25) is 9.59 Å². The summed E-state index contributed by atoms with van der Waals surface area (Å²) in [6, 6.07) is 23.5. The van der Waals surface area contributed by atoms with E-state index in [1.165, 1.54) is 0 Å². The van der Waals surface area contributed by atoms with E-state index in [-0.39, 0.29) is 11.8 Å². The van der Waals surface area contributed by atoms with Crippen molar-refractivity contribution >= 4 is 23.2 Å². The second-order valence-electron chi connectivity index (χ2n) is 7.79. The number of rotatable bonds is 8. The maximum absolute atomic E-state index is 12.7. The minimum Gasteiger partial charge on any atom is -0.494 e. The van der Waals surface area contributed by atoms with E-state index in [1.54, 1.807) is 54.4 Å². The van der Waals surface area contributed by atoms with E-state index < -0.39 is 0 Å². The highest BCUT2D eigenvalue weighted by Gasteiger charge is 2.14. The maximum Gasteiger partial charge on any atom is 0.258 e. The Labute approximate surface area is 183 Å². The number of nitrogens with one attached hydrogen (secondary N) is 1. The molecule has 5 nitrogen and oxygen atoms in total. The number of anilines is 2. The molecule has 3 aromatic carbocycles. The molecular weight excluding hydrogens is 388 g/mol. The minimum absolute atomic E-state index is 0.115. The van der Waals surface area contributed by atoms with Gasteiger partial charge in [-0.1, -0.05) is 38.1 Å². The molecule has 0 aromatic heterocycles. The highest BCUT2D eigenvalue weighted by atomic mass is 16.5. The first-order valence-corrected chi connectivity index (χ1v) is 10.4. The Morgan fingerprint density at radius 2 is 1.61 bits per heavy atom. The van der Waals surface area contributed by atoms with E-state index in [4.69, 9.17) is 4.74 Å². The molecule has 3 rings (SSSR count). The number of carbonyl (C=O) groups excluding carboxylic acids is 2. The van der Waals surface area contributed by atoms with Crippen LogP contribution in [0.1, 0.15) is 41.0 Å². The predicted octanol–water partition coefficient (Wildman–Crippen LogP) is 5.64. The van der Waals surface area contributed by atoms with E-state index in [0.717, 1.165) is 12.1 Å². The number of hydrogen-bond donors (Lipinski definition) is 1. The highest BCUT2D eigenvalue weighted by molar-refractivity contribution is 6.07. The van der Waals surface area contributed by atoms with Crippen LogP contribution in [0.3, 0.4) is 0 Å². The number of benzene rings is 3. The van der Waals surface area contributed by atoms with Crippen molar-refractivity contribution < 1.29 is 14.3 Å². The zero-order chi connectivity index (χ0) is 22.2. The quantitative estimate of drug-likeness (QED) is 0.517. The maximum atomic E-state index is 12.7. The lowest BCUT2D eigenvalue weighted by Crippen LogP contribution is -2.26. The van der Waals surface area contributed by atoms with Gasteiger partial charge in [0.2, 0.25) is 0 Å². The van der Waals surface area contributed by atoms with Crippen LogP contribution >= 0.6 is 0 Å². The third-order valence-electron chi connectivity index (χ3n) is 4.90. The molecule has 160 valence electrons. The number of hydrogen-bond acceptors (Lipinski definition) is 3. The second-order valence-corrected chi connectivity index (χ2v) is 7.79. The van der Waals surface area contributed by atoms with Crippen molar-refractivity contribution in [3.05, 3.63) is 90.0 Å². The normalized spacial score (nSPS) is 10.6. The lowest BCUT2D eigenvalue weighted by atomic mass is 10.1. The summed E-state index contributed by atoms with van der Waals surface area (Å²) in [5, 5.41) is 2.87. The van der Waals surface area contributed by atoms with Crippen molar-refractivity contribution in [2.45, 2.75) is 20.3 Å². The van der Waals surface area contributed by atoms with Gasteiger partial charge >= 0.3 is 0 Å². The summed E-state index contributed by atoms with van der Waals surface area (Å²) in [5.74, 6) is 0.900. The molecule has 0 bridgehead atoms. The number of carbonyl (C=O) groups is 2. The first-order chi connectivity index (χ1) is 14.9. The number of amides is 2. The first-order valence-electron chi connectivity index (χ1n) is 10.4. The van der Waals surface area contributed by atoms with Crippen molar-refractivity contribution in [1.29, 1.82) is 0 Å². The molecule has 0 spiro atoms. The molecule has 0 saturated heterocycles. The van der Waals surface area contributed by atoms with Crippen molar-refractivity contribution in [2.24, 2.45) is 5.92 Å². The molecule has 0 fully saturated rings. The fourth-order valence-corrected chi connectivity index (χ4v) is 3.00. The third-order valence-corrected chi connectivity index (χ3v) is 4.90. The number of ether oxygens (including phenoxy) is 1. The van der Waals surface area contributed by atoms with Gasteiger partial charge in [-0.25, -0.2) is 0 Å². The van der Waals surface area contributed by atoms with Gasteiger partial charge in [-0.2, -0.15) is 0 Å². The zero-order valence-corrected chi connectivity index (χ0v) is 18.2. The molecule has 0 unspecified atom stereocenters. The summed E-state index contributed by atoms with van der Waals surface area (Å²) >= 11 is 0. The van der Waals surface area contributed by atoms with E-state index in [0.29, 0.717) is 35.1 Å². The standard InChI is InChI=1S/C26H28N2O3/c1-19(2)16-17-31-24-11-7-8-21(18-24)25(29)27-22-14-12-20(13-15-22)26(30)28(3)23-9-5-4-6-10-23/h4-15,18-19H,16-17H2,1-3H3,(H,27,29). The zero-order valence-electron chi connectivity index (χ0n) is 18.2. The Hall–Kier alpha value is -3.60. The monoisotopic (exact) mass is 416 g/mol. The van der Waals surface area contributed by atoms with Gasteiger partial charge in [0.25, 0.3) is 11.8 Å². The molecular formula is C26H28N2O3. The Morgan fingerprint density at radius 3 is 2.29 bits per heavy atom. The predicted molar refractivity (Wildman–Crippen MR) is 125 cm³/mol. The Kier molecular flexibility index (Phi) is 7.44. The van der Waals surface area contributed by atoms with Crippen LogP contribution in [0.4, 0.5) is 11.4 Å². The van der Waals surface area contributed by atoms with E-state index >= 15 is 0 Å². The van der Waals surface area contributed by atoms with Crippen LogP contribution in [-0.4, -0.2) is 25.5 Å². The number of para-hydroxylation sites is 1. The Balaban J connectivity index is 1.62. The fraction of sp³-hybridized carbons (Fsp3) is 0.231. The molecule has 0 aliphatic rings. The van der Waals surface area contributed by atoms with Gasteiger partial charge in [0.05, 0.1) is 6.61 Å². The molecule has 3 aromatic rings. The summed E-state index contributed by atoms with van der Waals surface area (Å²) in [4.78, 5) is 26.9. The molecule has 31 heavy (non-hydrogen) atoms. The van der Waals surface area contributed by atoms with Crippen LogP contribution in [-0.2, 0) is 0 Å². The van der Waals surface area contributed by atoms with E-state index in [2.05, 4.69) is 19.2 Å². The first kappa shape index (κ1) is 22.1. The summed E-state index contributed by atoms with van der Waals surface area (Å²) in [5.41, 5.74) is 2.51. The van der Waals surface area contributed by atoms with Crippen LogP contribution in [0.2, 0.25) is 0 Å². The van der Waals surface area contributed by atoms with Crippen LogP contribution in [0.25, 0.3) is 0 Å². The lowest BCUT2D eigenvalue weighted by Gasteiger charge is -2.17. The average molecular weight is 417 g/mol. The topological polar surface area (TPSA) is 58.6 Å². The number of nitrogens with zero attached hydrogens (tertiary/aromatic N) is 1. The fourth-order valence-electron chi connectivity index (χ4n) is 3.00. The lowest BCUT2D eigenvalue weighted by molar-refractivity contribution is 0.0991. The van der Waals surface area contributed by atoms with E-state index in [9.17, 15) is 9.59 Å². The van der Waals surface area contributed by atoms with Gasteiger partial charge < -0.3 is 15.0 Å². The van der Waals surface area contributed by atoms with Crippen molar-refractivity contribution in [3.63, 3.8) is 0 Å². The largest absolute Gasteiger partial charge is 0.494 e. The Morgan fingerprint density at radius 1 is 0.903 bits per heavy atom. The highest BCUT2D eigenvalue weighted by Crippen LogP contribution is 2.19. The van der Waals surface area contributed by atoms with Gasteiger partial charge in [-0.05, 0) is 66.9 Å². The van der Waals surface area contributed by atoms with Crippen LogP contribution < -0.4 is 15.0 Å². The molecule has 0 heterocycles. The summed E-state index contributed by atoms with van der Waals surface area (Å²) in [6.45, 7) is 4.91. The molecule has 5 heteroatoms. The van der Waals surface area contributed by atoms with Crippen molar-refractivity contribution in [2.75, 3.05) is 23.9 Å². The Bertz CT molecular complexity index is 1010. The van der Waals surface area contributed by atoms with Crippen molar-refractivity contribution in [3.8, 4) is 5.75 Å². The molecule has 2 amide bonds. The second kappa shape index (κ2) is 10.4. The van der Waals surface area contributed by atoms with Crippen LogP contribution in [0.15, 0.2) is 78.9 Å². The van der Waals surface area contributed by atoms with Gasteiger partial charge in [0.15, 0.2) is 0 Å². The van der Waals surface area contributed by atoms with Gasteiger partial charge in [-0.15, -0.1) is 0 Å². The van der Waals surface area contributed by atoms with Gasteiger partial charge in [0, 0.05) is 29.5 Å². The van der Waals surface area contributed by atoms with Gasteiger partial charge in [0.1, 0.15) is 5.75 Å². The molecule has 0 aliphatic heterocycles. The minimum atomic E-state index is -0.227. The van der Waals surface area contributed by atoms with Crippen LogP contribution in [0, 0.1) is 5.92 Å². The molecule has 0 saturated carbocycles. The smallest absolute Gasteiger partial charge is 0.258 e. The van der Waals surface area contributed by atoms with Crippen LogP contribution in [0.5, 0.6) is 5.75 Å². The summed E-state index contributed by atoms with van der Waals surface area (Å²) < 4.78 is 5.74. The SMILES string of the molecule is CC(C)CCOc1cccc(C(=O)Nc2ccc(C(=O)N(C)c3ccccc3)cc2)c1.